The maximum Gasteiger partial charge on any atom is 0.0689 e. The highest BCUT2D eigenvalue weighted by molar-refractivity contribution is 5.08. The molecule has 3 heteroatoms. The van der Waals surface area contributed by atoms with Gasteiger partial charge in [0, 0.05) is 19.7 Å². The third-order valence-electron chi connectivity index (χ3n) is 4.14. The Bertz CT molecular complexity index is 361. The molecule has 0 aliphatic heterocycles. The monoisotopic (exact) mass is 236 g/mol. The summed E-state index contributed by atoms with van der Waals surface area (Å²) in [4.78, 5) is 0. The highest BCUT2D eigenvalue weighted by Crippen LogP contribution is 2.33. The van der Waals surface area contributed by atoms with Gasteiger partial charge < -0.3 is 5.11 Å². The first kappa shape index (κ1) is 12.6. The molecule has 96 valence electrons. The molecular formula is C14H24N2O. The van der Waals surface area contributed by atoms with Crippen molar-refractivity contribution in [2.45, 2.75) is 57.5 Å². The minimum atomic E-state index is -0.493. The zero-order chi connectivity index (χ0) is 12.3. The van der Waals surface area contributed by atoms with Crippen LogP contribution < -0.4 is 0 Å². The lowest BCUT2D eigenvalue weighted by Gasteiger charge is -2.26. The Morgan fingerprint density at radius 3 is 2.94 bits per heavy atom. The van der Waals surface area contributed by atoms with E-state index in [0.29, 0.717) is 0 Å². The van der Waals surface area contributed by atoms with Gasteiger partial charge in [0.1, 0.15) is 0 Å². The van der Waals surface area contributed by atoms with E-state index in [9.17, 15) is 5.11 Å². The molecule has 17 heavy (non-hydrogen) atoms. The van der Waals surface area contributed by atoms with E-state index in [0.717, 1.165) is 37.2 Å². The summed E-state index contributed by atoms with van der Waals surface area (Å²) >= 11 is 0. The van der Waals surface area contributed by atoms with E-state index in [-0.39, 0.29) is 0 Å². The maximum atomic E-state index is 10.7. The van der Waals surface area contributed by atoms with E-state index in [2.05, 4.69) is 12.0 Å². The van der Waals surface area contributed by atoms with Gasteiger partial charge in [-0.15, -0.1) is 0 Å². The molecule has 0 radical (unpaired) electrons. The maximum absolute atomic E-state index is 10.7. The lowest BCUT2D eigenvalue weighted by molar-refractivity contribution is 0.0241. The van der Waals surface area contributed by atoms with Crippen molar-refractivity contribution in [2.24, 2.45) is 13.0 Å². The number of hydrogen-bond acceptors (Lipinski definition) is 2. The molecular weight excluding hydrogens is 212 g/mol. The largest absolute Gasteiger partial charge is 0.390 e. The fourth-order valence-corrected chi connectivity index (χ4v) is 2.99. The normalized spacial score (nSPS) is 30.2. The Hall–Kier alpha value is -0.830. The average Bonchev–Trinajstić information content (AvgIpc) is 2.59. The molecule has 0 bridgehead atoms. The molecule has 0 aromatic carbocycles. The van der Waals surface area contributed by atoms with Gasteiger partial charge in [0.25, 0.3) is 0 Å². The Balaban J connectivity index is 1.98. The first-order chi connectivity index (χ1) is 8.11. The van der Waals surface area contributed by atoms with Gasteiger partial charge in [0.2, 0.25) is 0 Å². The van der Waals surface area contributed by atoms with Crippen molar-refractivity contribution < 1.29 is 5.11 Å². The van der Waals surface area contributed by atoms with Crippen LogP contribution in [0.4, 0.5) is 0 Å². The van der Waals surface area contributed by atoms with Crippen LogP contribution in [0.25, 0.3) is 0 Å². The van der Waals surface area contributed by atoms with Crippen LogP contribution in [-0.2, 0) is 13.5 Å². The summed E-state index contributed by atoms with van der Waals surface area (Å²) in [6.07, 6.45) is 11.4. The van der Waals surface area contributed by atoms with Gasteiger partial charge in [-0.2, -0.15) is 5.10 Å². The number of nitrogens with zero attached hydrogens (tertiary/aromatic N) is 2. The number of rotatable bonds is 3. The van der Waals surface area contributed by atoms with Crippen molar-refractivity contribution in [3.63, 3.8) is 0 Å². The van der Waals surface area contributed by atoms with Crippen LogP contribution >= 0.6 is 0 Å². The molecule has 1 N–H and O–H groups in total. The smallest absolute Gasteiger partial charge is 0.0689 e. The van der Waals surface area contributed by atoms with E-state index in [4.69, 9.17) is 0 Å². The first-order valence-electron chi connectivity index (χ1n) is 6.81. The average molecular weight is 236 g/mol. The second kappa shape index (κ2) is 5.21. The Morgan fingerprint density at radius 1 is 1.47 bits per heavy atom. The van der Waals surface area contributed by atoms with Crippen LogP contribution in [0.3, 0.4) is 0 Å². The Kier molecular flexibility index (Phi) is 3.87. The first-order valence-corrected chi connectivity index (χ1v) is 6.81. The lowest BCUT2D eigenvalue weighted by Crippen LogP contribution is -2.30. The van der Waals surface area contributed by atoms with Gasteiger partial charge in [-0.1, -0.05) is 26.2 Å². The fourth-order valence-electron chi connectivity index (χ4n) is 2.99. The minimum Gasteiger partial charge on any atom is -0.390 e. The summed E-state index contributed by atoms with van der Waals surface area (Å²) in [6.45, 7) is 2.26. The lowest BCUT2D eigenvalue weighted by atomic mass is 9.88. The van der Waals surface area contributed by atoms with Crippen molar-refractivity contribution in [2.75, 3.05) is 0 Å². The SMILES string of the molecule is CCC1CCCC(O)(Cc2cnn(C)c2)CC1. The number of aliphatic hydroxyl groups is 1. The molecule has 1 aromatic heterocycles. The molecule has 2 unspecified atom stereocenters. The molecule has 0 saturated heterocycles. The molecule has 2 rings (SSSR count). The molecule has 1 aromatic rings. The van der Waals surface area contributed by atoms with Crippen LogP contribution in [0.1, 0.15) is 51.0 Å². The van der Waals surface area contributed by atoms with E-state index in [1.165, 1.54) is 19.3 Å². The second-order valence-electron chi connectivity index (χ2n) is 5.63. The van der Waals surface area contributed by atoms with Crippen molar-refractivity contribution in [3.05, 3.63) is 18.0 Å². The van der Waals surface area contributed by atoms with Gasteiger partial charge in [0.15, 0.2) is 0 Å². The zero-order valence-corrected chi connectivity index (χ0v) is 11.0. The number of aryl methyl sites for hydroxylation is 1. The third-order valence-corrected chi connectivity index (χ3v) is 4.14. The fraction of sp³-hybridized carbons (Fsp3) is 0.786. The molecule has 0 spiro atoms. The van der Waals surface area contributed by atoms with E-state index in [1.807, 2.05) is 24.1 Å². The summed E-state index contributed by atoms with van der Waals surface area (Å²) in [5.74, 6) is 0.818. The molecule has 1 heterocycles. The number of hydrogen-bond donors (Lipinski definition) is 1. The summed E-state index contributed by atoms with van der Waals surface area (Å²) < 4.78 is 1.81. The highest BCUT2D eigenvalue weighted by atomic mass is 16.3. The Morgan fingerprint density at radius 2 is 2.29 bits per heavy atom. The summed E-state index contributed by atoms with van der Waals surface area (Å²) in [5, 5.41) is 14.9. The predicted molar refractivity (Wildman–Crippen MR) is 68.7 cm³/mol. The van der Waals surface area contributed by atoms with Crippen LogP contribution in [0.2, 0.25) is 0 Å². The topological polar surface area (TPSA) is 38.1 Å². The van der Waals surface area contributed by atoms with Gasteiger partial charge in [-0.05, 0) is 30.7 Å². The zero-order valence-electron chi connectivity index (χ0n) is 11.0. The van der Waals surface area contributed by atoms with E-state index in [1.54, 1.807) is 0 Å². The molecule has 2 atom stereocenters. The van der Waals surface area contributed by atoms with Crippen molar-refractivity contribution in [1.82, 2.24) is 9.78 Å². The second-order valence-corrected chi connectivity index (χ2v) is 5.63. The van der Waals surface area contributed by atoms with E-state index >= 15 is 0 Å². The van der Waals surface area contributed by atoms with Crippen LogP contribution in [0, 0.1) is 5.92 Å². The van der Waals surface area contributed by atoms with Gasteiger partial charge >= 0.3 is 0 Å². The van der Waals surface area contributed by atoms with E-state index < -0.39 is 5.60 Å². The molecule has 1 aliphatic carbocycles. The van der Waals surface area contributed by atoms with Crippen molar-refractivity contribution >= 4 is 0 Å². The van der Waals surface area contributed by atoms with Crippen molar-refractivity contribution in [1.29, 1.82) is 0 Å². The molecule has 1 aliphatic rings. The highest BCUT2D eigenvalue weighted by Gasteiger charge is 2.30. The third kappa shape index (κ3) is 3.32. The van der Waals surface area contributed by atoms with Crippen molar-refractivity contribution in [3.8, 4) is 0 Å². The summed E-state index contributed by atoms with van der Waals surface area (Å²) in [7, 11) is 1.92. The number of aromatic nitrogens is 2. The molecule has 0 amide bonds. The predicted octanol–water partition coefficient (Wildman–Crippen LogP) is 2.68. The minimum absolute atomic E-state index is 0.493. The Labute approximate surface area is 104 Å². The molecule has 3 nitrogen and oxygen atoms in total. The van der Waals surface area contributed by atoms with Gasteiger partial charge in [-0.25, -0.2) is 0 Å². The van der Waals surface area contributed by atoms with Crippen LogP contribution in [0.15, 0.2) is 12.4 Å². The summed E-state index contributed by atoms with van der Waals surface area (Å²) in [5.41, 5.74) is 0.664. The molecule has 1 saturated carbocycles. The van der Waals surface area contributed by atoms with Gasteiger partial charge in [0.05, 0.1) is 11.8 Å². The quantitative estimate of drug-likeness (QED) is 0.819. The van der Waals surface area contributed by atoms with Gasteiger partial charge in [-0.3, -0.25) is 4.68 Å². The molecule has 1 fully saturated rings. The van der Waals surface area contributed by atoms with Crippen LogP contribution in [0.5, 0.6) is 0 Å². The van der Waals surface area contributed by atoms with Crippen LogP contribution in [-0.4, -0.2) is 20.5 Å². The standard InChI is InChI=1S/C14H24N2O/c1-3-12-5-4-7-14(17,8-6-12)9-13-10-15-16(2)11-13/h10-12,17H,3-9H2,1-2H3. The summed E-state index contributed by atoms with van der Waals surface area (Å²) in [6, 6.07) is 0.